The third-order valence-electron chi connectivity index (χ3n) is 2.70. The number of hydrogen-bond acceptors (Lipinski definition) is 2. The summed E-state index contributed by atoms with van der Waals surface area (Å²) in [7, 11) is 0. The van der Waals surface area contributed by atoms with Crippen LogP contribution >= 0.6 is 0 Å². The Hall–Kier alpha value is -0.570. The van der Waals surface area contributed by atoms with Gasteiger partial charge in [0.2, 0.25) is 5.91 Å². The molecule has 11 heavy (non-hydrogen) atoms. The van der Waals surface area contributed by atoms with Crippen LogP contribution in [0.2, 0.25) is 0 Å². The van der Waals surface area contributed by atoms with Crippen molar-refractivity contribution in [3.63, 3.8) is 0 Å². The molecule has 62 valence electrons. The van der Waals surface area contributed by atoms with Crippen molar-refractivity contribution in [2.75, 3.05) is 13.1 Å². The highest BCUT2D eigenvalue weighted by atomic mass is 16.1. The molecule has 0 aromatic rings. The Morgan fingerprint density at radius 2 is 2.27 bits per heavy atom. The van der Waals surface area contributed by atoms with Crippen LogP contribution in [-0.2, 0) is 4.79 Å². The predicted octanol–water partition coefficient (Wildman–Crippen LogP) is -0.126. The van der Waals surface area contributed by atoms with E-state index in [1.807, 2.05) is 0 Å². The molecular weight excluding hydrogens is 140 g/mol. The van der Waals surface area contributed by atoms with Crippen molar-refractivity contribution in [1.82, 2.24) is 10.6 Å². The van der Waals surface area contributed by atoms with Crippen LogP contribution in [0.15, 0.2) is 0 Å². The maximum Gasteiger partial charge on any atom is 0.220 e. The first-order chi connectivity index (χ1) is 5.36. The van der Waals surface area contributed by atoms with Gasteiger partial charge in [-0.3, -0.25) is 4.79 Å². The Morgan fingerprint density at radius 3 is 2.82 bits per heavy atom. The Bertz CT molecular complexity index is 163. The highest BCUT2D eigenvalue weighted by Crippen LogP contribution is 2.20. The van der Waals surface area contributed by atoms with Crippen LogP contribution < -0.4 is 10.6 Å². The standard InChI is InChI=1S/C8H14N2O/c11-8-2-1-7(10-8)6-3-4-9-5-6/h6-7,9H,1-5H2,(H,10,11). The first kappa shape index (κ1) is 7.10. The molecule has 0 saturated carbocycles. The van der Waals surface area contributed by atoms with Gasteiger partial charge < -0.3 is 10.6 Å². The number of nitrogens with one attached hydrogen (secondary N) is 2. The second kappa shape index (κ2) is 2.81. The van der Waals surface area contributed by atoms with Gasteiger partial charge in [-0.05, 0) is 31.8 Å². The normalized spacial score (nSPS) is 37.6. The summed E-state index contributed by atoms with van der Waals surface area (Å²) in [5.41, 5.74) is 0. The van der Waals surface area contributed by atoms with E-state index in [0.29, 0.717) is 12.0 Å². The summed E-state index contributed by atoms with van der Waals surface area (Å²) in [4.78, 5) is 10.9. The molecule has 3 nitrogen and oxygen atoms in total. The first-order valence-corrected chi connectivity index (χ1v) is 4.36. The fourth-order valence-electron chi connectivity index (χ4n) is 2.01. The summed E-state index contributed by atoms with van der Waals surface area (Å²) in [6, 6.07) is 0.470. The highest BCUT2D eigenvalue weighted by molar-refractivity contribution is 5.78. The van der Waals surface area contributed by atoms with E-state index in [-0.39, 0.29) is 5.91 Å². The number of hydrogen-bond donors (Lipinski definition) is 2. The van der Waals surface area contributed by atoms with E-state index < -0.39 is 0 Å². The number of rotatable bonds is 1. The van der Waals surface area contributed by atoms with E-state index in [1.54, 1.807) is 0 Å². The zero-order valence-electron chi connectivity index (χ0n) is 6.60. The minimum atomic E-state index is 0.238. The van der Waals surface area contributed by atoms with Crippen molar-refractivity contribution >= 4 is 5.91 Å². The molecule has 2 fully saturated rings. The van der Waals surface area contributed by atoms with Crippen LogP contribution in [0.5, 0.6) is 0 Å². The minimum Gasteiger partial charge on any atom is -0.353 e. The van der Waals surface area contributed by atoms with Crippen LogP contribution in [0.4, 0.5) is 0 Å². The molecule has 0 bridgehead atoms. The van der Waals surface area contributed by atoms with Gasteiger partial charge in [0.05, 0.1) is 0 Å². The quantitative estimate of drug-likeness (QED) is 0.552. The molecule has 0 aliphatic carbocycles. The molecule has 0 spiro atoms. The number of carbonyl (C=O) groups excluding carboxylic acids is 1. The van der Waals surface area contributed by atoms with Crippen LogP contribution in [0.3, 0.4) is 0 Å². The van der Waals surface area contributed by atoms with Crippen LogP contribution in [0, 0.1) is 5.92 Å². The maximum atomic E-state index is 10.9. The molecule has 0 radical (unpaired) electrons. The van der Waals surface area contributed by atoms with Gasteiger partial charge >= 0.3 is 0 Å². The van der Waals surface area contributed by atoms with Gasteiger partial charge in [-0.1, -0.05) is 0 Å². The molecule has 2 unspecified atom stereocenters. The topological polar surface area (TPSA) is 41.1 Å². The highest BCUT2D eigenvalue weighted by Gasteiger charge is 2.30. The summed E-state index contributed by atoms with van der Waals surface area (Å²) in [6.07, 6.45) is 3.01. The largest absolute Gasteiger partial charge is 0.353 e. The third kappa shape index (κ3) is 1.38. The zero-order chi connectivity index (χ0) is 7.68. The molecule has 2 atom stereocenters. The van der Waals surface area contributed by atoms with Crippen molar-refractivity contribution in [2.24, 2.45) is 5.92 Å². The Balaban J connectivity index is 1.90. The monoisotopic (exact) mass is 154 g/mol. The molecule has 0 aromatic carbocycles. The SMILES string of the molecule is O=C1CCC(C2CCNC2)N1. The van der Waals surface area contributed by atoms with Gasteiger partial charge in [0.25, 0.3) is 0 Å². The van der Waals surface area contributed by atoms with Gasteiger partial charge in [-0.15, -0.1) is 0 Å². The lowest BCUT2D eigenvalue weighted by molar-refractivity contribution is -0.119. The fourth-order valence-corrected chi connectivity index (χ4v) is 2.01. The summed E-state index contributed by atoms with van der Waals surface area (Å²) >= 11 is 0. The average Bonchev–Trinajstić information content (AvgIpc) is 2.55. The first-order valence-electron chi connectivity index (χ1n) is 4.36. The molecule has 2 N–H and O–H groups in total. The number of amides is 1. The molecule has 2 aliphatic heterocycles. The number of carbonyl (C=O) groups is 1. The van der Waals surface area contributed by atoms with Gasteiger partial charge in [0.15, 0.2) is 0 Å². The van der Waals surface area contributed by atoms with E-state index in [9.17, 15) is 4.79 Å². The van der Waals surface area contributed by atoms with Gasteiger partial charge in [-0.2, -0.15) is 0 Å². The third-order valence-corrected chi connectivity index (χ3v) is 2.70. The second-order valence-electron chi connectivity index (χ2n) is 3.47. The molecule has 1 amide bonds. The zero-order valence-corrected chi connectivity index (χ0v) is 6.60. The lowest BCUT2D eigenvalue weighted by Gasteiger charge is -2.16. The van der Waals surface area contributed by atoms with Crippen molar-refractivity contribution in [3.8, 4) is 0 Å². The van der Waals surface area contributed by atoms with Crippen LogP contribution in [0.1, 0.15) is 19.3 Å². The van der Waals surface area contributed by atoms with Gasteiger partial charge in [0.1, 0.15) is 0 Å². The molecule has 2 rings (SSSR count). The fraction of sp³-hybridized carbons (Fsp3) is 0.875. The van der Waals surface area contributed by atoms with E-state index in [2.05, 4.69) is 10.6 Å². The van der Waals surface area contributed by atoms with E-state index in [4.69, 9.17) is 0 Å². The lowest BCUT2D eigenvalue weighted by Crippen LogP contribution is -2.33. The van der Waals surface area contributed by atoms with Crippen molar-refractivity contribution in [3.05, 3.63) is 0 Å². The van der Waals surface area contributed by atoms with Crippen molar-refractivity contribution < 1.29 is 4.79 Å². The van der Waals surface area contributed by atoms with Crippen LogP contribution in [-0.4, -0.2) is 25.0 Å². The second-order valence-corrected chi connectivity index (χ2v) is 3.47. The summed E-state index contributed by atoms with van der Waals surface area (Å²) in [5.74, 6) is 0.934. The summed E-state index contributed by atoms with van der Waals surface area (Å²) in [6.45, 7) is 2.21. The van der Waals surface area contributed by atoms with E-state index in [0.717, 1.165) is 25.9 Å². The Labute approximate surface area is 66.5 Å². The summed E-state index contributed by atoms with van der Waals surface area (Å²) < 4.78 is 0. The average molecular weight is 154 g/mol. The molecule has 2 saturated heterocycles. The van der Waals surface area contributed by atoms with E-state index in [1.165, 1.54) is 6.42 Å². The summed E-state index contributed by atoms with van der Waals surface area (Å²) in [5, 5.41) is 6.33. The van der Waals surface area contributed by atoms with Gasteiger partial charge in [-0.25, -0.2) is 0 Å². The lowest BCUT2D eigenvalue weighted by atomic mass is 9.98. The predicted molar refractivity (Wildman–Crippen MR) is 42.1 cm³/mol. The molecular formula is C8H14N2O. The minimum absolute atomic E-state index is 0.238. The molecule has 0 aromatic heterocycles. The van der Waals surface area contributed by atoms with Crippen molar-refractivity contribution in [2.45, 2.75) is 25.3 Å². The maximum absolute atomic E-state index is 10.9. The van der Waals surface area contributed by atoms with Crippen LogP contribution in [0.25, 0.3) is 0 Å². The van der Waals surface area contributed by atoms with Crippen molar-refractivity contribution in [1.29, 1.82) is 0 Å². The van der Waals surface area contributed by atoms with Gasteiger partial charge in [0, 0.05) is 12.5 Å². The molecule has 3 heteroatoms. The smallest absolute Gasteiger partial charge is 0.220 e. The Morgan fingerprint density at radius 1 is 1.36 bits per heavy atom. The molecule has 2 heterocycles. The Kier molecular flexibility index (Phi) is 1.82. The molecule has 2 aliphatic rings. The van der Waals surface area contributed by atoms with E-state index >= 15 is 0 Å².